The molecule has 0 radical (unpaired) electrons. The summed E-state index contributed by atoms with van der Waals surface area (Å²) in [6.45, 7) is 11.5. The van der Waals surface area contributed by atoms with E-state index >= 15 is 0 Å². The van der Waals surface area contributed by atoms with Gasteiger partial charge < -0.3 is 28.7 Å². The second-order valence-corrected chi connectivity index (χ2v) is 10.1. The molecule has 1 aromatic rings. The van der Waals surface area contributed by atoms with Gasteiger partial charge in [0.25, 0.3) is 5.91 Å². The Bertz CT molecular complexity index is 839. The minimum absolute atomic E-state index is 0.0969. The Morgan fingerprint density at radius 1 is 1.18 bits per heavy atom. The highest BCUT2D eigenvalue weighted by Gasteiger charge is 2.35. The van der Waals surface area contributed by atoms with E-state index in [0.29, 0.717) is 49.8 Å². The van der Waals surface area contributed by atoms with Crippen LogP contribution < -0.4 is 9.47 Å². The molecule has 2 rings (SSSR count). The van der Waals surface area contributed by atoms with Crippen molar-refractivity contribution in [1.82, 2.24) is 9.80 Å². The molecule has 1 heterocycles. The number of rotatable bonds is 9. The van der Waals surface area contributed by atoms with Crippen molar-refractivity contribution in [2.45, 2.75) is 71.6 Å². The van der Waals surface area contributed by atoms with Crippen LogP contribution in [0.25, 0.3) is 0 Å². The first-order chi connectivity index (χ1) is 16.0. The normalized spacial score (nSPS) is 16.4. The van der Waals surface area contributed by atoms with E-state index in [1.54, 1.807) is 29.0 Å². The number of methoxy groups -OCH3 is 2. The summed E-state index contributed by atoms with van der Waals surface area (Å²) in [5, 5.41) is 0.288. The summed E-state index contributed by atoms with van der Waals surface area (Å²) in [5.41, 5.74) is -0.235. The molecular weight excluding hydrogens is 460 g/mol. The van der Waals surface area contributed by atoms with E-state index < -0.39 is 5.60 Å². The summed E-state index contributed by atoms with van der Waals surface area (Å²) < 4.78 is 21.9. The molecular formula is C25H39ClN2O6. The van der Waals surface area contributed by atoms with Gasteiger partial charge in [0, 0.05) is 45.3 Å². The molecule has 8 nitrogen and oxygen atoms in total. The lowest BCUT2D eigenvalue weighted by Crippen LogP contribution is -2.54. The first kappa shape index (κ1) is 28.1. The number of halogens is 1. The molecule has 1 aromatic carbocycles. The van der Waals surface area contributed by atoms with Gasteiger partial charge in [-0.2, -0.15) is 0 Å². The fourth-order valence-electron chi connectivity index (χ4n) is 3.99. The largest absolute Gasteiger partial charge is 0.493 e. The number of hydrogen-bond donors (Lipinski definition) is 0. The summed E-state index contributed by atoms with van der Waals surface area (Å²) in [6, 6.07) is 2.99. The number of benzene rings is 1. The van der Waals surface area contributed by atoms with E-state index in [0.717, 1.165) is 12.8 Å². The van der Waals surface area contributed by atoms with Gasteiger partial charge in [-0.15, -0.1) is 0 Å². The van der Waals surface area contributed by atoms with Gasteiger partial charge in [-0.05, 0) is 53.5 Å². The minimum atomic E-state index is -0.576. The maximum Gasteiger partial charge on any atom is 0.410 e. The topological polar surface area (TPSA) is 77.5 Å². The molecule has 9 heteroatoms. The first-order valence-corrected chi connectivity index (χ1v) is 12.2. The Balaban J connectivity index is 2.27. The van der Waals surface area contributed by atoms with Crippen LogP contribution >= 0.6 is 11.6 Å². The summed E-state index contributed by atoms with van der Waals surface area (Å²) in [6.07, 6.45) is 1.91. The molecule has 1 aliphatic heterocycles. The zero-order valence-electron chi connectivity index (χ0n) is 21.5. The van der Waals surface area contributed by atoms with Crippen molar-refractivity contribution < 1.29 is 28.5 Å². The third kappa shape index (κ3) is 7.67. The highest BCUT2D eigenvalue weighted by atomic mass is 35.5. The van der Waals surface area contributed by atoms with Gasteiger partial charge in [-0.25, -0.2) is 4.79 Å². The van der Waals surface area contributed by atoms with E-state index in [1.165, 1.54) is 7.11 Å². The number of nitrogens with zero attached hydrogens (tertiary/aromatic N) is 2. The van der Waals surface area contributed by atoms with Crippen LogP contribution in [-0.2, 0) is 9.47 Å². The van der Waals surface area contributed by atoms with Crippen molar-refractivity contribution in [3.8, 4) is 11.5 Å². The molecule has 0 bridgehead atoms. The van der Waals surface area contributed by atoms with Crippen LogP contribution in [0.4, 0.5) is 4.79 Å². The van der Waals surface area contributed by atoms with Gasteiger partial charge in [0.15, 0.2) is 11.5 Å². The van der Waals surface area contributed by atoms with Gasteiger partial charge in [0.1, 0.15) is 5.60 Å². The van der Waals surface area contributed by atoms with Crippen molar-refractivity contribution in [3.63, 3.8) is 0 Å². The number of carbonyl (C=O) groups excluding carboxylic acids is 2. The van der Waals surface area contributed by atoms with Crippen molar-refractivity contribution in [1.29, 1.82) is 0 Å². The lowest BCUT2D eigenvalue weighted by Gasteiger charge is -2.41. The van der Waals surface area contributed by atoms with E-state index in [4.69, 9.17) is 30.5 Å². The molecule has 0 unspecified atom stereocenters. The number of carbonyl (C=O) groups is 2. The van der Waals surface area contributed by atoms with Crippen LogP contribution in [0.15, 0.2) is 12.1 Å². The van der Waals surface area contributed by atoms with E-state index in [-0.39, 0.29) is 29.1 Å². The zero-order valence-corrected chi connectivity index (χ0v) is 22.2. The minimum Gasteiger partial charge on any atom is -0.493 e. The Morgan fingerprint density at radius 3 is 2.47 bits per heavy atom. The lowest BCUT2D eigenvalue weighted by atomic mass is 10.0. The summed E-state index contributed by atoms with van der Waals surface area (Å²) in [7, 11) is 3.16. The molecule has 0 saturated carbocycles. The molecule has 2 amide bonds. The number of ether oxygens (including phenoxy) is 4. The van der Waals surface area contributed by atoms with Crippen LogP contribution in [0.5, 0.6) is 11.5 Å². The summed E-state index contributed by atoms with van der Waals surface area (Å²) in [4.78, 5) is 29.9. The van der Waals surface area contributed by atoms with Crippen LogP contribution in [0.1, 0.15) is 64.2 Å². The monoisotopic (exact) mass is 498 g/mol. The third-order valence-electron chi connectivity index (χ3n) is 5.47. The highest BCUT2D eigenvalue weighted by Crippen LogP contribution is 2.35. The van der Waals surface area contributed by atoms with Gasteiger partial charge in [0.2, 0.25) is 0 Å². The summed E-state index contributed by atoms with van der Waals surface area (Å²) in [5.74, 6) is 0.707. The van der Waals surface area contributed by atoms with E-state index in [2.05, 4.69) is 0 Å². The smallest absolute Gasteiger partial charge is 0.410 e. The number of amides is 2. The second kappa shape index (κ2) is 12.5. The Labute approximate surface area is 208 Å². The van der Waals surface area contributed by atoms with E-state index in [9.17, 15) is 9.59 Å². The fraction of sp³-hybridized carbons (Fsp3) is 0.680. The highest BCUT2D eigenvalue weighted by molar-refractivity contribution is 6.34. The lowest BCUT2D eigenvalue weighted by molar-refractivity contribution is 0.00752. The van der Waals surface area contributed by atoms with Gasteiger partial charge >= 0.3 is 6.09 Å². The van der Waals surface area contributed by atoms with E-state index in [1.807, 2.05) is 34.6 Å². The fourth-order valence-corrected chi connectivity index (χ4v) is 4.23. The predicted octanol–water partition coefficient (Wildman–Crippen LogP) is 5.01. The molecule has 1 aliphatic rings. The second-order valence-electron chi connectivity index (χ2n) is 9.71. The van der Waals surface area contributed by atoms with Crippen LogP contribution in [0.2, 0.25) is 5.02 Å². The number of likely N-dealkylation sites (tertiary alicyclic amines) is 1. The van der Waals surface area contributed by atoms with Crippen LogP contribution in [0, 0.1) is 0 Å². The number of piperidine rings is 1. The Kier molecular flexibility index (Phi) is 10.3. The average molecular weight is 499 g/mol. The molecule has 0 N–H and O–H groups in total. The van der Waals surface area contributed by atoms with Gasteiger partial charge in [0.05, 0.1) is 30.3 Å². The Morgan fingerprint density at radius 2 is 1.88 bits per heavy atom. The third-order valence-corrected chi connectivity index (χ3v) is 5.78. The van der Waals surface area contributed by atoms with Gasteiger partial charge in [-0.3, -0.25) is 4.79 Å². The quantitative estimate of drug-likeness (QED) is 0.445. The molecule has 0 spiro atoms. The SMILES string of the molecule is COCCCOc1cc(C(=O)N(C(C)C)[C@@H]2CCCN(C(=O)OC(C)(C)C)C2)c(Cl)cc1OC. The molecule has 0 aliphatic carbocycles. The maximum atomic E-state index is 13.7. The summed E-state index contributed by atoms with van der Waals surface area (Å²) >= 11 is 6.51. The van der Waals surface area contributed by atoms with Crippen molar-refractivity contribution in [2.24, 2.45) is 0 Å². The van der Waals surface area contributed by atoms with Crippen molar-refractivity contribution in [3.05, 3.63) is 22.7 Å². The molecule has 1 saturated heterocycles. The molecule has 0 aromatic heterocycles. The van der Waals surface area contributed by atoms with Crippen LogP contribution in [0.3, 0.4) is 0 Å². The van der Waals surface area contributed by atoms with Crippen LogP contribution in [-0.4, -0.2) is 80.0 Å². The number of hydrogen-bond acceptors (Lipinski definition) is 6. The van der Waals surface area contributed by atoms with Crippen molar-refractivity contribution in [2.75, 3.05) is 40.5 Å². The maximum absolute atomic E-state index is 13.7. The zero-order chi connectivity index (χ0) is 25.5. The Hall–Kier alpha value is -2.19. The molecule has 192 valence electrons. The predicted molar refractivity (Wildman–Crippen MR) is 132 cm³/mol. The van der Waals surface area contributed by atoms with Crippen molar-refractivity contribution >= 4 is 23.6 Å². The average Bonchev–Trinajstić information content (AvgIpc) is 2.76. The standard InChI is InChI=1S/C25H39ClN2O6/c1-17(2)28(18-10-8-11-27(16-18)24(30)34-25(3,4)5)23(29)19-14-22(33-13-9-12-31-6)21(32-7)15-20(19)26/h14-15,17-18H,8-13,16H2,1-7H3/t18-/m1/s1. The molecule has 1 atom stereocenters. The first-order valence-electron chi connectivity index (χ1n) is 11.8. The van der Waals surface area contributed by atoms with Gasteiger partial charge in [-0.1, -0.05) is 11.6 Å². The molecule has 34 heavy (non-hydrogen) atoms. The molecule has 1 fully saturated rings.